The van der Waals surface area contributed by atoms with Gasteiger partial charge in [0.1, 0.15) is 0 Å². The average molecular weight is 310 g/mol. The molecule has 2 aromatic rings. The third kappa shape index (κ3) is 3.03. The number of nitrogens with zero attached hydrogens (tertiary/aromatic N) is 1. The Morgan fingerprint density at radius 1 is 1.30 bits per heavy atom. The highest BCUT2D eigenvalue weighted by atomic mass is 32.2. The lowest BCUT2D eigenvalue weighted by atomic mass is 10.1. The molecule has 0 radical (unpaired) electrons. The van der Waals surface area contributed by atoms with Crippen LogP contribution in [0.3, 0.4) is 0 Å². The van der Waals surface area contributed by atoms with E-state index in [0.29, 0.717) is 23.5 Å². The minimum atomic E-state index is -3.52. The number of nitrogen functional groups attached to an aromatic ring is 1. The largest absolute Gasteiger partial charge is 0.399 e. The van der Waals surface area contributed by atoms with Crippen molar-refractivity contribution in [2.75, 3.05) is 12.8 Å². The minimum absolute atomic E-state index is 0.305. The Kier molecular flexibility index (Phi) is 4.47. The molecule has 0 aliphatic rings. The van der Waals surface area contributed by atoms with Gasteiger partial charge in [-0.3, -0.25) is 0 Å². The normalized spacial score (nSPS) is 11.9. The molecule has 2 N–H and O–H groups in total. The SMILES string of the molecule is CCc1ccc(N)cc1S(=O)(=O)N(C)Cc1cccs1. The number of hydrogen-bond donors (Lipinski definition) is 1. The first-order valence-electron chi connectivity index (χ1n) is 6.32. The van der Waals surface area contributed by atoms with Crippen molar-refractivity contribution in [1.29, 1.82) is 0 Å². The molecule has 20 heavy (non-hydrogen) atoms. The minimum Gasteiger partial charge on any atom is -0.399 e. The Morgan fingerprint density at radius 3 is 2.65 bits per heavy atom. The van der Waals surface area contributed by atoms with Crippen molar-refractivity contribution < 1.29 is 8.42 Å². The van der Waals surface area contributed by atoms with Crippen molar-refractivity contribution in [2.24, 2.45) is 0 Å². The van der Waals surface area contributed by atoms with Gasteiger partial charge < -0.3 is 5.73 Å². The second-order valence-electron chi connectivity index (χ2n) is 4.56. The summed E-state index contributed by atoms with van der Waals surface area (Å²) in [6.45, 7) is 2.31. The average Bonchev–Trinajstić information content (AvgIpc) is 2.91. The number of thiophene rings is 1. The van der Waals surface area contributed by atoms with Gasteiger partial charge in [-0.2, -0.15) is 4.31 Å². The van der Waals surface area contributed by atoms with Crippen LogP contribution < -0.4 is 5.73 Å². The lowest BCUT2D eigenvalue weighted by Gasteiger charge is -2.18. The summed E-state index contributed by atoms with van der Waals surface area (Å²) < 4.78 is 26.7. The number of hydrogen-bond acceptors (Lipinski definition) is 4. The molecule has 0 aliphatic heterocycles. The Labute approximate surface area is 123 Å². The highest BCUT2D eigenvalue weighted by molar-refractivity contribution is 7.89. The molecule has 1 aromatic heterocycles. The van der Waals surface area contributed by atoms with Gasteiger partial charge in [-0.15, -0.1) is 11.3 Å². The number of nitrogens with two attached hydrogens (primary N) is 1. The number of rotatable bonds is 5. The maximum atomic E-state index is 12.7. The highest BCUT2D eigenvalue weighted by Crippen LogP contribution is 2.24. The first kappa shape index (κ1) is 15.0. The Balaban J connectivity index is 2.36. The van der Waals surface area contributed by atoms with Crippen LogP contribution in [0, 0.1) is 0 Å². The smallest absolute Gasteiger partial charge is 0.243 e. The molecule has 6 heteroatoms. The summed E-state index contributed by atoms with van der Waals surface area (Å²) in [5.41, 5.74) is 6.99. The zero-order valence-corrected chi connectivity index (χ0v) is 13.2. The van der Waals surface area contributed by atoms with E-state index < -0.39 is 10.0 Å². The van der Waals surface area contributed by atoms with Gasteiger partial charge in [0.25, 0.3) is 0 Å². The molecule has 0 amide bonds. The van der Waals surface area contributed by atoms with E-state index in [9.17, 15) is 8.42 Å². The van der Waals surface area contributed by atoms with Crippen LogP contribution in [0.5, 0.6) is 0 Å². The summed E-state index contributed by atoms with van der Waals surface area (Å²) in [6.07, 6.45) is 0.654. The van der Waals surface area contributed by atoms with Crippen LogP contribution in [0.2, 0.25) is 0 Å². The van der Waals surface area contributed by atoms with Crippen molar-refractivity contribution in [1.82, 2.24) is 4.31 Å². The van der Waals surface area contributed by atoms with Crippen molar-refractivity contribution in [3.05, 3.63) is 46.2 Å². The molecule has 1 aromatic carbocycles. The summed E-state index contributed by atoms with van der Waals surface area (Å²) in [7, 11) is -1.93. The zero-order valence-electron chi connectivity index (χ0n) is 11.5. The molecule has 0 fully saturated rings. The van der Waals surface area contributed by atoms with Crippen LogP contribution in [0.15, 0.2) is 40.6 Å². The molecular weight excluding hydrogens is 292 g/mol. The fourth-order valence-corrected chi connectivity index (χ4v) is 4.29. The third-order valence-electron chi connectivity index (χ3n) is 3.12. The number of benzene rings is 1. The van der Waals surface area contributed by atoms with Gasteiger partial charge in [-0.25, -0.2) is 8.42 Å². The van der Waals surface area contributed by atoms with Crippen molar-refractivity contribution in [2.45, 2.75) is 24.8 Å². The van der Waals surface area contributed by atoms with Gasteiger partial charge in [0.15, 0.2) is 0 Å². The monoisotopic (exact) mass is 310 g/mol. The molecule has 4 nitrogen and oxygen atoms in total. The van der Waals surface area contributed by atoms with Gasteiger partial charge >= 0.3 is 0 Å². The van der Waals surface area contributed by atoms with Crippen molar-refractivity contribution in [3.8, 4) is 0 Å². The van der Waals surface area contributed by atoms with Crippen molar-refractivity contribution in [3.63, 3.8) is 0 Å². The zero-order chi connectivity index (χ0) is 14.8. The summed E-state index contributed by atoms with van der Waals surface area (Å²) in [5, 5.41) is 1.94. The summed E-state index contributed by atoms with van der Waals surface area (Å²) >= 11 is 1.54. The predicted octanol–water partition coefficient (Wildman–Crippen LogP) is 2.71. The van der Waals surface area contributed by atoms with Crippen LogP contribution in [0.1, 0.15) is 17.4 Å². The first-order valence-corrected chi connectivity index (χ1v) is 8.64. The topological polar surface area (TPSA) is 63.4 Å². The van der Waals surface area contributed by atoms with Gasteiger partial charge in [0.2, 0.25) is 10.0 Å². The van der Waals surface area contributed by atoms with E-state index in [1.165, 1.54) is 4.31 Å². The lowest BCUT2D eigenvalue weighted by molar-refractivity contribution is 0.469. The molecule has 1 heterocycles. The summed E-state index contributed by atoms with van der Waals surface area (Å²) in [5.74, 6) is 0. The maximum absolute atomic E-state index is 12.7. The van der Waals surface area contributed by atoms with Gasteiger partial charge in [0, 0.05) is 24.2 Å². The molecule has 0 saturated heterocycles. The maximum Gasteiger partial charge on any atom is 0.243 e. The summed E-state index contributed by atoms with van der Waals surface area (Å²) in [4.78, 5) is 1.32. The first-order chi connectivity index (χ1) is 9.45. The quantitative estimate of drug-likeness (QED) is 0.864. The summed E-state index contributed by atoms with van der Waals surface area (Å²) in [6, 6.07) is 8.90. The third-order valence-corrected chi connectivity index (χ3v) is 5.87. The Bertz CT molecular complexity index is 679. The van der Waals surface area contributed by atoms with E-state index in [2.05, 4.69) is 0 Å². The number of aryl methyl sites for hydroxylation is 1. The molecule has 0 bridgehead atoms. The van der Waals surface area contributed by atoms with Gasteiger partial charge in [0.05, 0.1) is 4.90 Å². The molecule has 0 saturated carbocycles. The fraction of sp³-hybridized carbons (Fsp3) is 0.286. The van der Waals surface area contributed by atoms with Gasteiger partial charge in [-0.1, -0.05) is 19.1 Å². The standard InChI is InChI=1S/C14H18N2O2S2/c1-3-11-6-7-12(15)9-14(11)20(17,18)16(2)10-13-5-4-8-19-13/h4-9H,3,10,15H2,1-2H3. The van der Waals surface area contributed by atoms with Crippen LogP contribution in [0.4, 0.5) is 5.69 Å². The number of sulfonamides is 1. The van der Waals surface area contributed by atoms with E-state index in [-0.39, 0.29) is 0 Å². The molecular formula is C14H18N2O2S2. The molecule has 2 rings (SSSR count). The van der Waals surface area contributed by atoms with E-state index >= 15 is 0 Å². The fourth-order valence-electron chi connectivity index (χ4n) is 1.98. The molecule has 0 atom stereocenters. The lowest BCUT2D eigenvalue weighted by Crippen LogP contribution is -2.27. The Morgan fingerprint density at radius 2 is 2.05 bits per heavy atom. The second-order valence-corrected chi connectivity index (χ2v) is 7.61. The van der Waals surface area contributed by atoms with Crippen molar-refractivity contribution >= 4 is 27.0 Å². The van der Waals surface area contributed by atoms with E-state index in [4.69, 9.17) is 5.73 Å². The molecule has 0 aliphatic carbocycles. The second kappa shape index (κ2) is 5.95. The van der Waals surface area contributed by atoms with E-state index in [1.807, 2.05) is 24.4 Å². The highest BCUT2D eigenvalue weighted by Gasteiger charge is 2.24. The molecule has 0 unspecified atom stereocenters. The Hall–Kier alpha value is -1.37. The van der Waals surface area contributed by atoms with Gasteiger partial charge in [-0.05, 0) is 35.6 Å². The predicted molar refractivity (Wildman–Crippen MR) is 83.2 cm³/mol. The van der Waals surface area contributed by atoms with E-state index in [1.54, 1.807) is 36.6 Å². The van der Waals surface area contributed by atoms with Crippen LogP contribution in [0.25, 0.3) is 0 Å². The van der Waals surface area contributed by atoms with Crippen LogP contribution in [-0.4, -0.2) is 19.8 Å². The van der Waals surface area contributed by atoms with E-state index in [0.717, 1.165) is 10.4 Å². The van der Waals surface area contributed by atoms with Crippen LogP contribution >= 0.6 is 11.3 Å². The van der Waals surface area contributed by atoms with Crippen LogP contribution in [-0.2, 0) is 23.0 Å². The molecule has 108 valence electrons. The number of anilines is 1. The molecule has 0 spiro atoms.